The second-order valence-electron chi connectivity index (χ2n) is 6.29. The molecular formula is C18H24N4O4. The van der Waals surface area contributed by atoms with Gasteiger partial charge < -0.3 is 18.9 Å². The van der Waals surface area contributed by atoms with Crippen LogP contribution in [0.5, 0.6) is 0 Å². The first kappa shape index (κ1) is 18.3. The van der Waals surface area contributed by atoms with Gasteiger partial charge in [-0.25, -0.2) is 9.97 Å². The van der Waals surface area contributed by atoms with Crippen LogP contribution in [0.4, 0.5) is 5.95 Å². The van der Waals surface area contributed by atoms with E-state index in [4.69, 9.17) is 9.47 Å². The van der Waals surface area contributed by atoms with Crippen LogP contribution in [0, 0.1) is 5.92 Å². The molecule has 1 saturated heterocycles. The lowest BCUT2D eigenvalue weighted by molar-refractivity contribution is -0.148. The molecule has 1 aliphatic rings. The third-order valence-corrected chi connectivity index (χ3v) is 4.64. The monoisotopic (exact) mass is 360 g/mol. The number of fused-ring (bicyclic) bond motifs is 1. The predicted molar refractivity (Wildman–Crippen MR) is 97.2 cm³/mol. The molecule has 0 amide bonds. The van der Waals surface area contributed by atoms with Crippen LogP contribution < -0.4 is 10.5 Å². The number of nitrogens with zero attached hydrogens (tertiary/aromatic N) is 4. The number of anilines is 1. The van der Waals surface area contributed by atoms with Crippen LogP contribution >= 0.6 is 0 Å². The SMILES string of the molecule is CCOC(=O)C1CCN(c2ncc3c(=O)n(CCOC)ccc3n2)CC1. The van der Waals surface area contributed by atoms with Crippen molar-refractivity contribution in [3.63, 3.8) is 0 Å². The predicted octanol–water partition coefficient (Wildman–Crippen LogP) is 1.22. The number of carbonyl (C=O) groups is 1. The van der Waals surface area contributed by atoms with E-state index in [-0.39, 0.29) is 17.4 Å². The number of hydrogen-bond donors (Lipinski definition) is 0. The molecule has 0 spiro atoms. The van der Waals surface area contributed by atoms with E-state index in [9.17, 15) is 9.59 Å². The highest BCUT2D eigenvalue weighted by Crippen LogP contribution is 2.22. The zero-order valence-electron chi connectivity index (χ0n) is 15.2. The average molecular weight is 360 g/mol. The number of piperidine rings is 1. The summed E-state index contributed by atoms with van der Waals surface area (Å²) in [5.41, 5.74) is 0.508. The van der Waals surface area contributed by atoms with E-state index in [0.717, 1.165) is 12.8 Å². The summed E-state index contributed by atoms with van der Waals surface area (Å²) >= 11 is 0. The van der Waals surface area contributed by atoms with Crippen LogP contribution in [-0.2, 0) is 20.8 Å². The molecule has 3 heterocycles. The smallest absolute Gasteiger partial charge is 0.309 e. The van der Waals surface area contributed by atoms with E-state index in [2.05, 4.69) is 9.97 Å². The molecule has 2 aromatic heterocycles. The summed E-state index contributed by atoms with van der Waals surface area (Å²) in [6.45, 7) is 4.59. The Bertz CT molecular complexity index is 828. The molecule has 3 rings (SSSR count). The first-order valence-electron chi connectivity index (χ1n) is 8.90. The van der Waals surface area contributed by atoms with Crippen LogP contribution in [0.25, 0.3) is 10.9 Å². The molecule has 8 nitrogen and oxygen atoms in total. The van der Waals surface area contributed by atoms with Gasteiger partial charge in [0.25, 0.3) is 5.56 Å². The molecule has 2 aromatic rings. The number of esters is 1. The largest absolute Gasteiger partial charge is 0.466 e. The zero-order chi connectivity index (χ0) is 18.5. The van der Waals surface area contributed by atoms with Crippen molar-refractivity contribution in [3.8, 4) is 0 Å². The molecule has 0 aromatic carbocycles. The fourth-order valence-corrected chi connectivity index (χ4v) is 3.15. The minimum absolute atomic E-state index is 0.0559. The van der Waals surface area contributed by atoms with Crippen molar-refractivity contribution in [3.05, 3.63) is 28.8 Å². The van der Waals surface area contributed by atoms with Gasteiger partial charge in [-0.2, -0.15) is 0 Å². The molecule has 0 radical (unpaired) electrons. The molecule has 0 N–H and O–H groups in total. The van der Waals surface area contributed by atoms with Gasteiger partial charge in [0.2, 0.25) is 5.95 Å². The number of rotatable bonds is 6. The van der Waals surface area contributed by atoms with Gasteiger partial charge in [-0.1, -0.05) is 0 Å². The van der Waals surface area contributed by atoms with Crippen molar-refractivity contribution < 1.29 is 14.3 Å². The van der Waals surface area contributed by atoms with Crippen molar-refractivity contribution in [1.29, 1.82) is 0 Å². The Morgan fingerprint density at radius 3 is 2.81 bits per heavy atom. The fourth-order valence-electron chi connectivity index (χ4n) is 3.15. The van der Waals surface area contributed by atoms with Gasteiger partial charge >= 0.3 is 5.97 Å². The van der Waals surface area contributed by atoms with Gasteiger partial charge in [0, 0.05) is 39.1 Å². The fraction of sp³-hybridized carbons (Fsp3) is 0.556. The summed E-state index contributed by atoms with van der Waals surface area (Å²) in [4.78, 5) is 35.3. The van der Waals surface area contributed by atoms with Crippen LogP contribution in [0.3, 0.4) is 0 Å². The van der Waals surface area contributed by atoms with Gasteiger partial charge in [-0.3, -0.25) is 9.59 Å². The van der Waals surface area contributed by atoms with Gasteiger partial charge in [0.1, 0.15) is 0 Å². The Morgan fingerprint density at radius 2 is 2.12 bits per heavy atom. The molecule has 0 saturated carbocycles. The number of methoxy groups -OCH3 is 1. The van der Waals surface area contributed by atoms with Crippen LogP contribution in [-0.4, -0.2) is 53.9 Å². The maximum absolute atomic E-state index is 12.5. The molecule has 0 bridgehead atoms. The Hall–Kier alpha value is -2.48. The summed E-state index contributed by atoms with van der Waals surface area (Å²) in [5, 5.41) is 0.494. The van der Waals surface area contributed by atoms with Crippen molar-refractivity contribution in [1.82, 2.24) is 14.5 Å². The second kappa shape index (κ2) is 8.27. The van der Waals surface area contributed by atoms with E-state index in [0.29, 0.717) is 49.7 Å². The van der Waals surface area contributed by atoms with Gasteiger partial charge in [0.05, 0.1) is 30.0 Å². The standard InChI is InChI=1S/C18H24N4O4/c1-3-26-17(24)13-4-7-22(8-5-13)18-19-12-14-15(20-18)6-9-21(16(14)23)10-11-25-2/h6,9,12-13H,3-5,7-8,10-11H2,1-2H3. The van der Waals surface area contributed by atoms with Gasteiger partial charge in [0.15, 0.2) is 0 Å². The normalized spacial score (nSPS) is 15.4. The van der Waals surface area contributed by atoms with Crippen LogP contribution in [0.15, 0.2) is 23.3 Å². The lowest BCUT2D eigenvalue weighted by Crippen LogP contribution is -2.38. The lowest BCUT2D eigenvalue weighted by Gasteiger charge is -2.30. The highest BCUT2D eigenvalue weighted by Gasteiger charge is 2.27. The summed E-state index contributed by atoms with van der Waals surface area (Å²) in [7, 11) is 1.60. The summed E-state index contributed by atoms with van der Waals surface area (Å²) < 4.78 is 11.7. The van der Waals surface area contributed by atoms with Crippen molar-refractivity contribution in [2.75, 3.05) is 38.3 Å². The molecule has 1 aliphatic heterocycles. The Labute approximate surface area is 151 Å². The molecule has 140 valence electrons. The Balaban J connectivity index is 1.74. The number of ether oxygens (including phenoxy) is 2. The van der Waals surface area contributed by atoms with Crippen molar-refractivity contribution in [2.45, 2.75) is 26.3 Å². The van der Waals surface area contributed by atoms with Gasteiger partial charge in [-0.15, -0.1) is 0 Å². The zero-order valence-corrected chi connectivity index (χ0v) is 15.2. The summed E-state index contributed by atoms with van der Waals surface area (Å²) in [5.74, 6) is 0.414. The van der Waals surface area contributed by atoms with E-state index in [1.54, 1.807) is 24.1 Å². The topological polar surface area (TPSA) is 86.6 Å². The second-order valence-corrected chi connectivity index (χ2v) is 6.29. The number of pyridine rings is 1. The number of aromatic nitrogens is 3. The third-order valence-electron chi connectivity index (χ3n) is 4.64. The molecule has 0 aliphatic carbocycles. The number of hydrogen-bond acceptors (Lipinski definition) is 7. The molecular weight excluding hydrogens is 336 g/mol. The third kappa shape index (κ3) is 3.85. The average Bonchev–Trinajstić information content (AvgIpc) is 2.67. The quantitative estimate of drug-likeness (QED) is 0.716. The minimum atomic E-state index is -0.122. The van der Waals surface area contributed by atoms with E-state index in [1.807, 2.05) is 17.9 Å². The van der Waals surface area contributed by atoms with Crippen molar-refractivity contribution >= 4 is 22.8 Å². The Morgan fingerprint density at radius 1 is 1.35 bits per heavy atom. The summed E-state index contributed by atoms with van der Waals surface area (Å²) in [6.07, 6.45) is 4.76. The molecule has 1 fully saturated rings. The summed E-state index contributed by atoms with van der Waals surface area (Å²) in [6, 6.07) is 1.82. The van der Waals surface area contributed by atoms with Crippen LogP contribution in [0.1, 0.15) is 19.8 Å². The van der Waals surface area contributed by atoms with E-state index in [1.165, 1.54) is 0 Å². The molecule has 26 heavy (non-hydrogen) atoms. The highest BCUT2D eigenvalue weighted by atomic mass is 16.5. The highest BCUT2D eigenvalue weighted by molar-refractivity contribution is 5.77. The van der Waals surface area contributed by atoms with Gasteiger partial charge in [-0.05, 0) is 25.8 Å². The van der Waals surface area contributed by atoms with E-state index >= 15 is 0 Å². The molecule has 8 heteroatoms. The molecule has 0 unspecified atom stereocenters. The Kier molecular flexibility index (Phi) is 5.82. The van der Waals surface area contributed by atoms with Crippen LogP contribution in [0.2, 0.25) is 0 Å². The first-order valence-corrected chi connectivity index (χ1v) is 8.90. The minimum Gasteiger partial charge on any atom is -0.466 e. The van der Waals surface area contributed by atoms with E-state index < -0.39 is 0 Å². The first-order chi connectivity index (χ1) is 12.6. The maximum atomic E-state index is 12.5. The number of carbonyl (C=O) groups excluding carboxylic acids is 1. The lowest BCUT2D eigenvalue weighted by atomic mass is 9.97. The van der Waals surface area contributed by atoms with Crippen molar-refractivity contribution in [2.24, 2.45) is 5.92 Å². The maximum Gasteiger partial charge on any atom is 0.309 e. The molecule has 0 atom stereocenters.